The van der Waals surface area contributed by atoms with Crippen molar-refractivity contribution in [1.82, 2.24) is 4.90 Å². The van der Waals surface area contributed by atoms with Crippen LogP contribution < -0.4 is 5.73 Å². The Balaban J connectivity index is 2.12. The number of carbonyl (C=O) groups is 4. The van der Waals surface area contributed by atoms with E-state index in [2.05, 4.69) is 0 Å². The third-order valence-corrected chi connectivity index (χ3v) is 4.45. The lowest BCUT2D eigenvalue weighted by Crippen LogP contribution is -2.68. The highest BCUT2D eigenvalue weighted by atomic mass is 32.2. The van der Waals surface area contributed by atoms with Crippen molar-refractivity contribution in [3.8, 4) is 0 Å². The molecule has 0 spiro atoms. The lowest BCUT2D eigenvalue weighted by atomic mass is 10.0. The number of β-lactam (4-membered cyclic amide) rings is 1. The number of nitrogens with zero attached hydrogens (tertiary/aromatic N) is 1. The number of carboxylic acids is 1. The monoisotopic (exact) mass is 314 g/mol. The number of ketones is 1. The van der Waals surface area contributed by atoms with E-state index in [1.165, 1.54) is 18.7 Å². The van der Waals surface area contributed by atoms with Crippen LogP contribution in [0.25, 0.3) is 0 Å². The first-order valence-corrected chi connectivity index (χ1v) is 7.18. The molecule has 1 fully saturated rings. The number of thioether (sulfide) groups is 1. The number of amides is 1. The van der Waals surface area contributed by atoms with Gasteiger partial charge in [0, 0.05) is 11.3 Å². The molecule has 0 aromatic carbocycles. The molecule has 8 nitrogen and oxygen atoms in total. The van der Waals surface area contributed by atoms with Crippen LogP contribution >= 0.6 is 11.8 Å². The SMILES string of the molecule is CC(=O)CC(=O)OCC1=C(C(=O)O)N2C(=O)C(N)C2SC1. The van der Waals surface area contributed by atoms with Gasteiger partial charge in [-0.05, 0) is 6.92 Å². The van der Waals surface area contributed by atoms with Gasteiger partial charge in [-0.15, -0.1) is 11.8 Å². The number of aliphatic carboxylic acids is 1. The van der Waals surface area contributed by atoms with Gasteiger partial charge in [-0.25, -0.2) is 4.79 Å². The first-order valence-electron chi connectivity index (χ1n) is 6.13. The van der Waals surface area contributed by atoms with Crippen molar-refractivity contribution >= 4 is 35.4 Å². The highest BCUT2D eigenvalue weighted by Crippen LogP contribution is 2.39. The zero-order chi connectivity index (χ0) is 15.7. The highest BCUT2D eigenvalue weighted by molar-refractivity contribution is 8.00. The Morgan fingerprint density at radius 2 is 2.14 bits per heavy atom. The van der Waals surface area contributed by atoms with Gasteiger partial charge in [0.15, 0.2) is 0 Å². The molecular formula is C12H14N2O6S. The Labute approximate surface area is 124 Å². The van der Waals surface area contributed by atoms with Crippen LogP contribution in [0, 0.1) is 0 Å². The molecule has 114 valence electrons. The quantitative estimate of drug-likeness (QED) is 0.379. The van der Waals surface area contributed by atoms with E-state index >= 15 is 0 Å². The normalized spacial score (nSPS) is 24.3. The van der Waals surface area contributed by atoms with Gasteiger partial charge in [0.05, 0.1) is 0 Å². The molecule has 1 amide bonds. The molecule has 2 aliphatic heterocycles. The number of esters is 1. The third kappa shape index (κ3) is 2.93. The third-order valence-electron chi connectivity index (χ3n) is 3.09. The minimum atomic E-state index is -1.27. The van der Waals surface area contributed by atoms with Gasteiger partial charge < -0.3 is 15.6 Å². The van der Waals surface area contributed by atoms with Crippen LogP contribution in [0.15, 0.2) is 11.3 Å². The van der Waals surface area contributed by atoms with E-state index < -0.39 is 23.9 Å². The Kier molecular flexibility index (Phi) is 4.33. The maximum Gasteiger partial charge on any atom is 0.352 e. The van der Waals surface area contributed by atoms with Crippen molar-refractivity contribution in [3.63, 3.8) is 0 Å². The van der Waals surface area contributed by atoms with Crippen LogP contribution in [0.2, 0.25) is 0 Å². The molecule has 0 aromatic heterocycles. The molecule has 2 unspecified atom stereocenters. The van der Waals surface area contributed by atoms with Crippen molar-refractivity contribution in [1.29, 1.82) is 0 Å². The second-order valence-corrected chi connectivity index (χ2v) is 5.84. The summed E-state index contributed by atoms with van der Waals surface area (Å²) in [5.41, 5.74) is 5.75. The summed E-state index contributed by atoms with van der Waals surface area (Å²) in [5, 5.41) is 8.86. The van der Waals surface area contributed by atoms with E-state index in [4.69, 9.17) is 10.5 Å². The average Bonchev–Trinajstić information content (AvgIpc) is 2.42. The molecule has 9 heteroatoms. The van der Waals surface area contributed by atoms with E-state index in [-0.39, 0.29) is 29.9 Å². The molecule has 2 rings (SSSR count). The number of hydrogen-bond acceptors (Lipinski definition) is 7. The molecule has 0 aromatic rings. The van der Waals surface area contributed by atoms with Crippen LogP contribution in [-0.4, -0.2) is 57.4 Å². The number of nitrogens with two attached hydrogens (primary N) is 1. The smallest absolute Gasteiger partial charge is 0.352 e. The summed E-state index contributed by atoms with van der Waals surface area (Å²) in [6.07, 6.45) is -0.362. The lowest BCUT2D eigenvalue weighted by molar-refractivity contribution is -0.148. The zero-order valence-electron chi connectivity index (χ0n) is 11.2. The van der Waals surface area contributed by atoms with Crippen LogP contribution in [0.1, 0.15) is 13.3 Å². The van der Waals surface area contributed by atoms with Gasteiger partial charge in [0.1, 0.15) is 35.9 Å². The first kappa shape index (κ1) is 15.5. The number of hydrogen-bond donors (Lipinski definition) is 2. The molecule has 2 aliphatic rings. The second kappa shape index (κ2) is 5.86. The van der Waals surface area contributed by atoms with E-state index in [1.54, 1.807) is 0 Å². The Morgan fingerprint density at radius 1 is 1.48 bits per heavy atom. The standard InChI is InChI=1S/C12H14N2O6S/c1-5(15)2-7(16)20-3-6-4-21-11-8(13)10(17)14(11)9(6)12(18)19/h8,11H,2-4,13H2,1H3,(H,18,19). The predicted molar refractivity (Wildman–Crippen MR) is 72.0 cm³/mol. The van der Waals surface area contributed by atoms with Crippen molar-refractivity contribution in [2.24, 2.45) is 5.73 Å². The fourth-order valence-electron chi connectivity index (χ4n) is 2.11. The van der Waals surface area contributed by atoms with Gasteiger partial charge in [-0.2, -0.15) is 0 Å². The highest BCUT2D eigenvalue weighted by Gasteiger charge is 2.51. The van der Waals surface area contributed by atoms with E-state index in [1.807, 2.05) is 0 Å². The molecule has 3 N–H and O–H groups in total. The van der Waals surface area contributed by atoms with Gasteiger partial charge >= 0.3 is 11.9 Å². The van der Waals surface area contributed by atoms with Crippen molar-refractivity contribution in [2.75, 3.05) is 12.4 Å². The summed E-state index contributed by atoms with van der Waals surface area (Å²) in [4.78, 5) is 46.2. The topological polar surface area (TPSA) is 127 Å². The van der Waals surface area contributed by atoms with Gasteiger partial charge in [0.2, 0.25) is 5.91 Å². The maximum atomic E-state index is 11.7. The van der Waals surface area contributed by atoms with E-state index in [0.29, 0.717) is 11.3 Å². The zero-order valence-corrected chi connectivity index (χ0v) is 12.0. The number of Topliss-reactive ketones (excluding diaryl/α,β-unsaturated/α-hetero) is 1. The van der Waals surface area contributed by atoms with Crippen molar-refractivity contribution in [2.45, 2.75) is 24.8 Å². The maximum absolute atomic E-state index is 11.7. The molecule has 2 atom stereocenters. The predicted octanol–water partition coefficient (Wildman–Crippen LogP) is -0.910. The molecule has 0 saturated carbocycles. The van der Waals surface area contributed by atoms with Crippen LogP contribution in [0.5, 0.6) is 0 Å². The number of ether oxygens (including phenoxy) is 1. The molecule has 0 bridgehead atoms. The number of rotatable bonds is 5. The fraction of sp³-hybridized carbons (Fsp3) is 0.500. The Bertz CT molecular complexity index is 558. The van der Waals surface area contributed by atoms with Gasteiger partial charge in [-0.3, -0.25) is 19.3 Å². The summed E-state index contributed by atoms with van der Waals surface area (Å²) in [6.45, 7) is 0.997. The molecule has 2 heterocycles. The Morgan fingerprint density at radius 3 is 2.71 bits per heavy atom. The molecule has 1 saturated heterocycles. The van der Waals surface area contributed by atoms with Crippen LogP contribution in [-0.2, 0) is 23.9 Å². The van der Waals surface area contributed by atoms with E-state index in [0.717, 1.165) is 4.90 Å². The molecular weight excluding hydrogens is 300 g/mol. The van der Waals surface area contributed by atoms with Crippen molar-refractivity contribution in [3.05, 3.63) is 11.3 Å². The summed E-state index contributed by atoms with van der Waals surface area (Å²) in [6, 6.07) is -0.703. The molecule has 0 radical (unpaired) electrons. The summed E-state index contributed by atoms with van der Waals surface area (Å²) in [5.74, 6) is -2.49. The summed E-state index contributed by atoms with van der Waals surface area (Å²) in [7, 11) is 0. The molecule has 21 heavy (non-hydrogen) atoms. The minimum Gasteiger partial charge on any atom is -0.477 e. The van der Waals surface area contributed by atoms with Crippen LogP contribution in [0.4, 0.5) is 0 Å². The van der Waals surface area contributed by atoms with E-state index in [9.17, 15) is 24.3 Å². The summed E-state index contributed by atoms with van der Waals surface area (Å²) < 4.78 is 4.88. The average molecular weight is 314 g/mol. The molecule has 0 aliphatic carbocycles. The van der Waals surface area contributed by atoms with Crippen molar-refractivity contribution < 1.29 is 29.0 Å². The fourth-order valence-corrected chi connectivity index (χ4v) is 3.39. The van der Waals surface area contributed by atoms with Crippen LogP contribution in [0.3, 0.4) is 0 Å². The number of carbonyl (C=O) groups excluding carboxylic acids is 3. The summed E-state index contributed by atoms with van der Waals surface area (Å²) >= 11 is 1.32. The number of fused-ring (bicyclic) bond motifs is 1. The largest absolute Gasteiger partial charge is 0.477 e. The van der Waals surface area contributed by atoms with Gasteiger partial charge in [0.25, 0.3) is 0 Å². The second-order valence-electron chi connectivity index (χ2n) is 4.73. The minimum absolute atomic E-state index is 0.180. The Hall–Kier alpha value is -1.87. The van der Waals surface area contributed by atoms with Gasteiger partial charge in [-0.1, -0.05) is 0 Å². The number of carboxylic acid groups (broad SMARTS) is 1. The lowest BCUT2D eigenvalue weighted by Gasteiger charge is -2.47. The first-order chi connectivity index (χ1) is 9.82.